The molecule has 4 aromatic rings. The average molecular weight is 552 g/mol. The highest BCUT2D eigenvalue weighted by atomic mass is 32.1. The first-order valence-electron chi connectivity index (χ1n) is 13.9. The van der Waals surface area contributed by atoms with E-state index in [1.165, 1.54) is 33.8 Å². The summed E-state index contributed by atoms with van der Waals surface area (Å²) < 4.78 is 2.38. The van der Waals surface area contributed by atoms with Crippen molar-refractivity contribution in [2.24, 2.45) is 0 Å². The van der Waals surface area contributed by atoms with Crippen molar-refractivity contribution in [2.45, 2.75) is 59.5 Å². The van der Waals surface area contributed by atoms with Gasteiger partial charge in [0.15, 0.2) is 5.11 Å². The summed E-state index contributed by atoms with van der Waals surface area (Å²) in [6, 6.07) is 22.4. The van der Waals surface area contributed by atoms with Gasteiger partial charge in [0, 0.05) is 36.2 Å². The molecular weight excluding hydrogens is 514 g/mol. The zero-order valence-electron chi connectivity index (χ0n) is 23.9. The highest BCUT2D eigenvalue weighted by Crippen LogP contribution is 2.42. The number of carbonyl (C=O) groups is 1. The number of thiocarbonyl (C=S) groups is 1. The van der Waals surface area contributed by atoms with Gasteiger partial charge in [-0.2, -0.15) is 0 Å². The number of aromatic nitrogens is 2. The number of aryl methyl sites for hydroxylation is 4. The Hall–Kier alpha value is -3.97. The predicted octanol–water partition coefficient (Wildman–Crippen LogP) is 6.67. The Morgan fingerprint density at radius 3 is 2.48 bits per heavy atom. The SMILES string of the molecule is CCc1cccc(C)c1-n1c(C)cc([C@@H]2[C@@H](c3ccccn3)NC(=S)N2CCC(=O)Nc2ccccc2C)c1C. The second-order valence-electron chi connectivity index (χ2n) is 10.5. The first kappa shape index (κ1) is 27.6. The van der Waals surface area contributed by atoms with Gasteiger partial charge >= 0.3 is 0 Å². The van der Waals surface area contributed by atoms with E-state index in [0.29, 0.717) is 18.1 Å². The van der Waals surface area contributed by atoms with Crippen molar-refractivity contribution >= 4 is 28.9 Å². The summed E-state index contributed by atoms with van der Waals surface area (Å²) in [6.07, 6.45) is 3.09. The van der Waals surface area contributed by atoms with Crippen molar-refractivity contribution in [3.63, 3.8) is 0 Å². The third kappa shape index (κ3) is 5.26. The lowest BCUT2D eigenvalue weighted by atomic mass is 9.96. The number of anilines is 1. The van der Waals surface area contributed by atoms with Gasteiger partial charge in [-0.3, -0.25) is 9.78 Å². The van der Waals surface area contributed by atoms with E-state index in [9.17, 15) is 4.79 Å². The molecule has 1 aliphatic heterocycles. The fraction of sp³-hybridized carbons (Fsp3) is 0.303. The van der Waals surface area contributed by atoms with Crippen LogP contribution in [-0.2, 0) is 11.2 Å². The average Bonchev–Trinajstić information content (AvgIpc) is 3.43. The molecule has 0 spiro atoms. The molecule has 1 amide bonds. The van der Waals surface area contributed by atoms with E-state index in [-0.39, 0.29) is 18.0 Å². The Labute approximate surface area is 242 Å². The molecule has 0 unspecified atom stereocenters. The van der Waals surface area contributed by atoms with E-state index < -0.39 is 0 Å². The van der Waals surface area contributed by atoms with Crippen molar-refractivity contribution in [3.8, 4) is 5.69 Å². The zero-order chi connectivity index (χ0) is 28.4. The summed E-state index contributed by atoms with van der Waals surface area (Å²) in [7, 11) is 0. The molecule has 0 radical (unpaired) electrons. The van der Waals surface area contributed by atoms with Gasteiger partial charge in [0.1, 0.15) is 0 Å². The lowest BCUT2D eigenvalue weighted by Gasteiger charge is -2.28. The van der Waals surface area contributed by atoms with Crippen LogP contribution in [0.25, 0.3) is 5.69 Å². The Balaban J connectivity index is 1.51. The van der Waals surface area contributed by atoms with Gasteiger partial charge in [0.25, 0.3) is 0 Å². The molecule has 2 N–H and O–H groups in total. The van der Waals surface area contributed by atoms with Gasteiger partial charge in [-0.05, 0) is 92.9 Å². The fourth-order valence-corrected chi connectivity index (χ4v) is 6.22. The molecule has 5 rings (SSSR count). The largest absolute Gasteiger partial charge is 0.352 e. The standard InChI is InChI=1S/C33H37N5OS/c1-6-25-14-11-13-22(3)31(25)38-23(4)20-26(24(38)5)32-30(28-16-9-10-18-34-28)36-33(40)37(32)19-17-29(39)35-27-15-8-7-12-21(27)2/h7-16,18,20,30,32H,6,17,19H2,1-5H3,(H,35,39)(H,36,40)/t30-,32-/m1/s1. The number of hydrogen-bond acceptors (Lipinski definition) is 3. The van der Waals surface area contributed by atoms with E-state index in [1.54, 1.807) is 0 Å². The molecule has 0 aliphatic carbocycles. The highest BCUT2D eigenvalue weighted by molar-refractivity contribution is 7.80. The van der Waals surface area contributed by atoms with Crippen molar-refractivity contribution < 1.29 is 4.79 Å². The van der Waals surface area contributed by atoms with Gasteiger partial charge in [0.2, 0.25) is 5.91 Å². The zero-order valence-corrected chi connectivity index (χ0v) is 24.7. The second-order valence-corrected chi connectivity index (χ2v) is 10.9. The van der Waals surface area contributed by atoms with Gasteiger partial charge in [-0.25, -0.2) is 0 Å². The molecule has 3 heterocycles. The van der Waals surface area contributed by atoms with Gasteiger partial charge in [-0.15, -0.1) is 0 Å². The van der Waals surface area contributed by atoms with Crippen LogP contribution < -0.4 is 10.6 Å². The summed E-state index contributed by atoms with van der Waals surface area (Å²) in [5, 5.41) is 7.24. The smallest absolute Gasteiger partial charge is 0.226 e. The first-order chi connectivity index (χ1) is 19.3. The maximum absolute atomic E-state index is 13.0. The van der Waals surface area contributed by atoms with Crippen molar-refractivity contribution in [2.75, 3.05) is 11.9 Å². The molecule has 0 bridgehead atoms. The lowest BCUT2D eigenvalue weighted by molar-refractivity contribution is -0.116. The number of amides is 1. The number of benzene rings is 2. The highest BCUT2D eigenvalue weighted by Gasteiger charge is 2.41. The maximum atomic E-state index is 13.0. The molecule has 2 atom stereocenters. The van der Waals surface area contributed by atoms with Crippen LogP contribution in [0, 0.1) is 27.7 Å². The van der Waals surface area contributed by atoms with Crippen LogP contribution in [0.2, 0.25) is 0 Å². The van der Waals surface area contributed by atoms with E-state index >= 15 is 0 Å². The molecule has 6 nitrogen and oxygen atoms in total. The first-order valence-corrected chi connectivity index (χ1v) is 14.3. The van der Waals surface area contributed by atoms with Crippen molar-refractivity contribution in [1.82, 2.24) is 19.8 Å². The summed E-state index contributed by atoms with van der Waals surface area (Å²) in [5.74, 6) is -0.0323. The molecule has 1 saturated heterocycles. The Morgan fingerprint density at radius 2 is 1.75 bits per heavy atom. The molecule has 2 aromatic carbocycles. The van der Waals surface area contributed by atoms with E-state index in [2.05, 4.69) is 77.0 Å². The number of hydrogen-bond donors (Lipinski definition) is 2. The third-order valence-electron chi connectivity index (χ3n) is 7.91. The lowest BCUT2D eigenvalue weighted by Crippen LogP contribution is -2.33. The van der Waals surface area contributed by atoms with Crippen LogP contribution in [-0.4, -0.2) is 32.0 Å². The van der Waals surface area contributed by atoms with Crippen molar-refractivity contribution in [3.05, 3.63) is 112 Å². The molecule has 206 valence electrons. The molecule has 2 aromatic heterocycles. The quantitative estimate of drug-likeness (QED) is 0.240. The van der Waals surface area contributed by atoms with E-state index in [1.807, 2.05) is 55.6 Å². The summed E-state index contributed by atoms with van der Waals surface area (Å²) in [4.78, 5) is 19.9. The summed E-state index contributed by atoms with van der Waals surface area (Å²) >= 11 is 5.88. The third-order valence-corrected chi connectivity index (χ3v) is 8.26. The minimum Gasteiger partial charge on any atom is -0.352 e. The maximum Gasteiger partial charge on any atom is 0.226 e. The molecule has 0 saturated carbocycles. The minimum absolute atomic E-state index is 0.0323. The second kappa shape index (κ2) is 11.6. The minimum atomic E-state index is -0.135. The number of para-hydroxylation sites is 2. The Morgan fingerprint density at radius 1 is 1.00 bits per heavy atom. The van der Waals surface area contributed by atoms with Crippen molar-refractivity contribution in [1.29, 1.82) is 0 Å². The number of nitrogens with zero attached hydrogens (tertiary/aromatic N) is 3. The van der Waals surface area contributed by atoms with Crippen LogP contribution >= 0.6 is 12.2 Å². The van der Waals surface area contributed by atoms with Crippen LogP contribution in [0.5, 0.6) is 0 Å². The molecule has 40 heavy (non-hydrogen) atoms. The van der Waals surface area contributed by atoms with Crippen LogP contribution in [0.1, 0.15) is 64.8 Å². The van der Waals surface area contributed by atoms with Crippen LogP contribution in [0.3, 0.4) is 0 Å². The Bertz CT molecular complexity index is 1540. The molecule has 1 fully saturated rings. The van der Waals surface area contributed by atoms with E-state index in [4.69, 9.17) is 12.2 Å². The van der Waals surface area contributed by atoms with E-state index in [0.717, 1.165) is 23.4 Å². The topological polar surface area (TPSA) is 62.2 Å². The fourth-order valence-electron chi connectivity index (χ4n) is 5.89. The van der Waals surface area contributed by atoms with Gasteiger partial charge in [-0.1, -0.05) is 49.4 Å². The van der Waals surface area contributed by atoms with Gasteiger partial charge in [0.05, 0.1) is 23.5 Å². The number of rotatable bonds is 8. The van der Waals surface area contributed by atoms with Crippen LogP contribution in [0.4, 0.5) is 5.69 Å². The summed E-state index contributed by atoms with van der Waals surface area (Å²) in [6.45, 7) is 11.2. The normalized spacial score (nSPS) is 16.7. The number of nitrogens with one attached hydrogen (secondary N) is 2. The number of pyridine rings is 1. The Kier molecular flexibility index (Phi) is 8.03. The van der Waals surface area contributed by atoms with Crippen LogP contribution in [0.15, 0.2) is 72.9 Å². The molecule has 1 aliphatic rings. The predicted molar refractivity (Wildman–Crippen MR) is 166 cm³/mol. The number of carbonyl (C=O) groups excluding carboxylic acids is 1. The molecular formula is C33H37N5OS. The monoisotopic (exact) mass is 551 g/mol. The van der Waals surface area contributed by atoms with Gasteiger partial charge < -0.3 is 20.1 Å². The summed E-state index contributed by atoms with van der Waals surface area (Å²) in [5.41, 5.74) is 10.2. The molecule has 7 heteroatoms.